The summed E-state index contributed by atoms with van der Waals surface area (Å²) in [4.78, 5) is 12.2. The maximum atomic E-state index is 12.2. The van der Waals surface area contributed by atoms with E-state index in [1.54, 1.807) is 42.5 Å². The first-order chi connectivity index (χ1) is 12.7. The van der Waals surface area contributed by atoms with E-state index in [4.69, 9.17) is 27.9 Å². The van der Waals surface area contributed by atoms with Crippen LogP contribution in [0.3, 0.4) is 0 Å². The summed E-state index contributed by atoms with van der Waals surface area (Å²) in [5.41, 5.74) is 2.94. The van der Waals surface area contributed by atoms with Gasteiger partial charge in [0.25, 0.3) is 5.91 Å². The van der Waals surface area contributed by atoms with Crippen LogP contribution in [0.15, 0.2) is 47.6 Å². The van der Waals surface area contributed by atoms with E-state index in [-0.39, 0.29) is 5.69 Å². The second-order valence-electron chi connectivity index (χ2n) is 5.37. The maximum Gasteiger partial charge on any atom is 0.260 e. The molecule has 27 heavy (non-hydrogen) atoms. The lowest BCUT2D eigenvalue weighted by molar-refractivity contribution is -0.119. The molecule has 0 heterocycles. The van der Waals surface area contributed by atoms with Gasteiger partial charge in [-0.1, -0.05) is 41.4 Å². The Balaban J connectivity index is 2.17. The largest absolute Gasteiger partial charge is 0.495 e. The molecule has 0 aliphatic rings. The highest BCUT2D eigenvalue weighted by molar-refractivity contribution is 7.92. The molecular formula is C17H17Cl2N3O4S. The van der Waals surface area contributed by atoms with E-state index in [0.29, 0.717) is 21.4 Å². The van der Waals surface area contributed by atoms with Crippen LogP contribution in [-0.4, -0.2) is 40.4 Å². The normalized spacial score (nSPS) is 11.4. The minimum Gasteiger partial charge on any atom is -0.495 e. The summed E-state index contributed by atoms with van der Waals surface area (Å²) >= 11 is 12.0. The second kappa shape index (κ2) is 9.07. The number of hydrogen-bond acceptors (Lipinski definition) is 5. The Hall–Kier alpha value is -2.29. The predicted molar refractivity (Wildman–Crippen MR) is 107 cm³/mol. The van der Waals surface area contributed by atoms with Crippen LogP contribution in [0.2, 0.25) is 10.0 Å². The molecule has 0 aliphatic carbocycles. The molecule has 0 saturated heterocycles. The fourth-order valence-corrected chi connectivity index (χ4v) is 3.54. The van der Waals surface area contributed by atoms with Crippen molar-refractivity contribution < 1.29 is 17.9 Å². The van der Waals surface area contributed by atoms with Crippen LogP contribution in [0.25, 0.3) is 0 Å². The van der Waals surface area contributed by atoms with Crippen LogP contribution in [0, 0.1) is 0 Å². The zero-order valence-electron chi connectivity index (χ0n) is 14.5. The molecule has 1 amide bonds. The fraction of sp³-hybridized carbons (Fsp3) is 0.176. The van der Waals surface area contributed by atoms with Crippen molar-refractivity contribution in [3.05, 3.63) is 58.1 Å². The Bertz CT molecular complexity index is 944. The summed E-state index contributed by atoms with van der Waals surface area (Å²) < 4.78 is 30.4. The zero-order chi connectivity index (χ0) is 20.0. The third-order valence-corrected chi connectivity index (χ3v) is 5.21. The van der Waals surface area contributed by atoms with Gasteiger partial charge in [0, 0.05) is 5.56 Å². The molecule has 0 atom stereocenters. The molecule has 0 radical (unpaired) electrons. The number of para-hydroxylation sites is 2. The highest BCUT2D eigenvalue weighted by Gasteiger charge is 2.23. The number of sulfonamides is 1. The second-order valence-corrected chi connectivity index (χ2v) is 8.09. The molecular weight excluding hydrogens is 413 g/mol. The molecule has 10 heteroatoms. The van der Waals surface area contributed by atoms with Crippen molar-refractivity contribution in [1.82, 2.24) is 5.43 Å². The molecule has 0 aliphatic heterocycles. The predicted octanol–water partition coefficient (Wildman–Crippen LogP) is 2.92. The highest BCUT2D eigenvalue weighted by atomic mass is 35.5. The SMILES string of the molecule is COc1ccccc1N(CC(=O)NN=Cc1c(Cl)cccc1Cl)S(C)(=O)=O. The average molecular weight is 430 g/mol. The fourth-order valence-electron chi connectivity index (χ4n) is 2.19. The summed E-state index contributed by atoms with van der Waals surface area (Å²) in [6, 6.07) is 11.4. The number of hydrazone groups is 1. The Morgan fingerprint density at radius 1 is 1.19 bits per heavy atom. The molecule has 2 aromatic carbocycles. The number of halogens is 2. The number of amides is 1. The Morgan fingerprint density at radius 3 is 2.41 bits per heavy atom. The van der Waals surface area contributed by atoms with Crippen LogP contribution in [0.1, 0.15) is 5.56 Å². The summed E-state index contributed by atoms with van der Waals surface area (Å²) in [6.07, 6.45) is 2.29. The van der Waals surface area contributed by atoms with Crippen molar-refractivity contribution in [2.24, 2.45) is 5.10 Å². The first-order valence-electron chi connectivity index (χ1n) is 7.60. The van der Waals surface area contributed by atoms with E-state index < -0.39 is 22.5 Å². The number of nitrogens with one attached hydrogen (secondary N) is 1. The topological polar surface area (TPSA) is 88.1 Å². The van der Waals surface area contributed by atoms with Crippen LogP contribution in [-0.2, 0) is 14.8 Å². The zero-order valence-corrected chi connectivity index (χ0v) is 16.8. The lowest BCUT2D eigenvalue weighted by atomic mass is 10.2. The van der Waals surface area contributed by atoms with Crippen molar-refractivity contribution in [3.8, 4) is 5.75 Å². The van der Waals surface area contributed by atoms with Crippen LogP contribution < -0.4 is 14.5 Å². The van der Waals surface area contributed by atoms with E-state index in [1.807, 2.05) is 0 Å². The van der Waals surface area contributed by atoms with Gasteiger partial charge in [0.1, 0.15) is 12.3 Å². The molecule has 7 nitrogen and oxygen atoms in total. The summed E-state index contributed by atoms with van der Waals surface area (Å²) in [6.45, 7) is -0.479. The van der Waals surface area contributed by atoms with E-state index in [9.17, 15) is 13.2 Å². The summed E-state index contributed by atoms with van der Waals surface area (Å²) in [5, 5.41) is 4.52. The number of anilines is 1. The molecule has 2 rings (SSSR count). The van der Waals surface area contributed by atoms with Gasteiger partial charge in [0.05, 0.1) is 35.3 Å². The van der Waals surface area contributed by atoms with Gasteiger partial charge in [-0.2, -0.15) is 5.10 Å². The monoisotopic (exact) mass is 429 g/mol. The van der Waals surface area contributed by atoms with Crippen molar-refractivity contribution in [2.45, 2.75) is 0 Å². The lowest BCUT2D eigenvalue weighted by Gasteiger charge is -2.23. The Morgan fingerprint density at radius 2 is 1.81 bits per heavy atom. The minimum absolute atomic E-state index is 0.246. The van der Waals surface area contributed by atoms with Crippen LogP contribution in [0.5, 0.6) is 5.75 Å². The number of benzene rings is 2. The van der Waals surface area contributed by atoms with Gasteiger partial charge < -0.3 is 4.74 Å². The molecule has 1 N–H and O–H groups in total. The lowest BCUT2D eigenvalue weighted by Crippen LogP contribution is -2.39. The van der Waals surface area contributed by atoms with Gasteiger partial charge in [0.2, 0.25) is 10.0 Å². The molecule has 0 saturated carbocycles. The number of nitrogens with zero attached hydrogens (tertiary/aromatic N) is 2. The third kappa shape index (κ3) is 5.59. The molecule has 0 unspecified atom stereocenters. The van der Waals surface area contributed by atoms with Gasteiger partial charge in [-0.3, -0.25) is 9.10 Å². The quantitative estimate of drug-likeness (QED) is 0.541. The van der Waals surface area contributed by atoms with E-state index in [2.05, 4.69) is 10.5 Å². The van der Waals surface area contributed by atoms with Gasteiger partial charge in [-0.25, -0.2) is 13.8 Å². The summed E-state index contributed by atoms with van der Waals surface area (Å²) in [7, 11) is -2.32. The van der Waals surface area contributed by atoms with E-state index in [1.165, 1.54) is 13.3 Å². The molecule has 0 fully saturated rings. The standard InChI is InChI=1S/C17H17Cl2N3O4S/c1-26-16-9-4-3-8-15(16)22(27(2,24)25)11-17(23)21-20-10-12-13(18)6-5-7-14(12)19/h3-10H,11H2,1-2H3,(H,21,23). The van der Waals surface area contributed by atoms with Gasteiger partial charge >= 0.3 is 0 Å². The van der Waals surface area contributed by atoms with Crippen LogP contribution >= 0.6 is 23.2 Å². The van der Waals surface area contributed by atoms with Gasteiger partial charge in [0.15, 0.2) is 0 Å². The number of methoxy groups -OCH3 is 1. The first-order valence-corrected chi connectivity index (χ1v) is 10.2. The smallest absolute Gasteiger partial charge is 0.260 e. The molecule has 2 aromatic rings. The number of carbonyl (C=O) groups is 1. The number of carbonyl (C=O) groups excluding carboxylic acids is 1. The Kier molecular flexibility index (Phi) is 7.06. The molecule has 0 spiro atoms. The first kappa shape index (κ1) is 21.0. The van der Waals surface area contributed by atoms with E-state index >= 15 is 0 Å². The average Bonchev–Trinajstić information content (AvgIpc) is 2.61. The highest BCUT2D eigenvalue weighted by Crippen LogP contribution is 2.29. The third-order valence-electron chi connectivity index (χ3n) is 3.42. The molecule has 144 valence electrons. The molecule has 0 bridgehead atoms. The number of ether oxygens (including phenoxy) is 1. The van der Waals surface area contributed by atoms with Crippen molar-refractivity contribution in [2.75, 3.05) is 24.2 Å². The van der Waals surface area contributed by atoms with Crippen LogP contribution in [0.4, 0.5) is 5.69 Å². The number of hydrogen-bond donors (Lipinski definition) is 1. The van der Waals surface area contributed by atoms with Crippen molar-refractivity contribution in [1.29, 1.82) is 0 Å². The van der Waals surface area contributed by atoms with E-state index in [0.717, 1.165) is 10.6 Å². The maximum absolute atomic E-state index is 12.2. The molecule has 0 aromatic heterocycles. The number of rotatable bonds is 7. The van der Waals surface area contributed by atoms with Gasteiger partial charge in [-0.05, 0) is 24.3 Å². The Labute approximate surface area is 167 Å². The minimum atomic E-state index is -3.74. The van der Waals surface area contributed by atoms with Crippen molar-refractivity contribution >= 4 is 51.0 Å². The van der Waals surface area contributed by atoms with Crippen molar-refractivity contribution in [3.63, 3.8) is 0 Å². The van der Waals surface area contributed by atoms with Gasteiger partial charge in [-0.15, -0.1) is 0 Å². The summed E-state index contributed by atoms with van der Waals surface area (Å²) in [5.74, 6) is -0.326.